The van der Waals surface area contributed by atoms with Gasteiger partial charge in [0.15, 0.2) is 0 Å². The van der Waals surface area contributed by atoms with E-state index in [1.807, 2.05) is 24.3 Å². The van der Waals surface area contributed by atoms with Gasteiger partial charge in [0.2, 0.25) is 5.91 Å². The molecule has 3 heterocycles. The van der Waals surface area contributed by atoms with Crippen molar-refractivity contribution in [1.82, 2.24) is 9.80 Å². The standard InChI is InChI=1S/C24H21N3O3/c25-14-16-8-5-6-12-26-21(16)17-9-2-1-7-15(17)13-20(24(26)30)27-22(28)18-10-3-4-11-19(18)23(27)29/h1-4,7,9-11,16,20-21H,5-6,8,12-13H2/t16?,20-,21?/m0/s1. The van der Waals surface area contributed by atoms with Gasteiger partial charge in [-0.25, -0.2) is 0 Å². The van der Waals surface area contributed by atoms with E-state index in [-0.39, 0.29) is 24.3 Å². The van der Waals surface area contributed by atoms with Gasteiger partial charge in [0.05, 0.1) is 29.2 Å². The maximum Gasteiger partial charge on any atom is 0.262 e. The third-order valence-electron chi connectivity index (χ3n) is 6.54. The van der Waals surface area contributed by atoms with E-state index in [9.17, 15) is 19.6 Å². The zero-order valence-corrected chi connectivity index (χ0v) is 16.5. The van der Waals surface area contributed by atoms with Crippen molar-refractivity contribution in [2.45, 2.75) is 37.8 Å². The molecule has 3 aliphatic rings. The molecule has 3 aliphatic heterocycles. The molecule has 0 spiro atoms. The Bertz CT molecular complexity index is 1070. The van der Waals surface area contributed by atoms with Crippen LogP contribution in [0.1, 0.15) is 57.1 Å². The summed E-state index contributed by atoms with van der Waals surface area (Å²) in [5, 5.41) is 9.83. The molecule has 0 aromatic heterocycles. The van der Waals surface area contributed by atoms with Crippen LogP contribution in [-0.2, 0) is 11.2 Å². The molecule has 30 heavy (non-hydrogen) atoms. The zero-order valence-electron chi connectivity index (χ0n) is 16.5. The van der Waals surface area contributed by atoms with Gasteiger partial charge in [-0.1, -0.05) is 42.8 Å². The SMILES string of the molecule is N#CC1CCCCN2C(=O)[C@@H](N3C(=O)c4ccccc4C3=O)Cc3ccccc3C12. The Labute approximate surface area is 174 Å². The molecule has 3 atom stereocenters. The van der Waals surface area contributed by atoms with Gasteiger partial charge in [-0.2, -0.15) is 5.26 Å². The van der Waals surface area contributed by atoms with Crippen molar-refractivity contribution in [3.63, 3.8) is 0 Å². The fourth-order valence-corrected chi connectivity index (χ4v) is 5.12. The molecule has 0 bridgehead atoms. The van der Waals surface area contributed by atoms with Gasteiger partial charge >= 0.3 is 0 Å². The van der Waals surface area contributed by atoms with Crippen LogP contribution in [0.4, 0.5) is 0 Å². The van der Waals surface area contributed by atoms with Gasteiger partial charge in [-0.3, -0.25) is 19.3 Å². The molecule has 2 unspecified atom stereocenters. The van der Waals surface area contributed by atoms with E-state index >= 15 is 0 Å². The average Bonchev–Trinajstić information content (AvgIpc) is 2.92. The Hall–Kier alpha value is -3.46. The second kappa shape index (κ2) is 7.10. The number of hydrogen-bond acceptors (Lipinski definition) is 4. The Morgan fingerprint density at radius 2 is 1.57 bits per heavy atom. The fourth-order valence-electron chi connectivity index (χ4n) is 5.12. The van der Waals surface area contributed by atoms with Crippen molar-refractivity contribution in [2.75, 3.05) is 6.54 Å². The second-order valence-corrected chi connectivity index (χ2v) is 8.15. The van der Waals surface area contributed by atoms with Crippen molar-refractivity contribution in [1.29, 1.82) is 5.26 Å². The monoisotopic (exact) mass is 399 g/mol. The zero-order chi connectivity index (χ0) is 20.8. The molecule has 1 fully saturated rings. The number of nitrogens with zero attached hydrogens (tertiary/aromatic N) is 3. The van der Waals surface area contributed by atoms with E-state index < -0.39 is 17.9 Å². The first-order chi connectivity index (χ1) is 14.6. The van der Waals surface area contributed by atoms with Crippen molar-refractivity contribution in [3.05, 3.63) is 70.8 Å². The molecule has 2 aromatic carbocycles. The summed E-state index contributed by atoms with van der Waals surface area (Å²) < 4.78 is 0. The molecule has 5 rings (SSSR count). The first kappa shape index (κ1) is 18.6. The minimum absolute atomic E-state index is 0.243. The van der Waals surface area contributed by atoms with Crippen LogP contribution in [0.25, 0.3) is 0 Å². The molecule has 3 amide bonds. The van der Waals surface area contributed by atoms with E-state index in [1.54, 1.807) is 29.2 Å². The lowest BCUT2D eigenvalue weighted by molar-refractivity contribution is -0.138. The number of amides is 3. The van der Waals surface area contributed by atoms with Crippen LogP contribution in [-0.4, -0.2) is 40.1 Å². The Morgan fingerprint density at radius 1 is 0.900 bits per heavy atom. The molecule has 0 radical (unpaired) electrons. The predicted molar refractivity (Wildman–Crippen MR) is 108 cm³/mol. The minimum atomic E-state index is -0.902. The van der Waals surface area contributed by atoms with Gasteiger partial charge in [0.25, 0.3) is 11.8 Å². The van der Waals surface area contributed by atoms with Gasteiger partial charge in [0.1, 0.15) is 6.04 Å². The first-order valence-corrected chi connectivity index (χ1v) is 10.4. The average molecular weight is 399 g/mol. The number of imide groups is 1. The van der Waals surface area contributed by atoms with E-state index in [0.717, 1.165) is 35.3 Å². The summed E-state index contributed by atoms with van der Waals surface area (Å²) in [6, 6.07) is 15.6. The van der Waals surface area contributed by atoms with Gasteiger partial charge in [-0.05, 0) is 36.1 Å². The topological polar surface area (TPSA) is 81.5 Å². The Kier molecular flexibility index (Phi) is 4.39. The third-order valence-corrected chi connectivity index (χ3v) is 6.54. The summed E-state index contributed by atoms with van der Waals surface area (Å²) >= 11 is 0. The second-order valence-electron chi connectivity index (χ2n) is 8.15. The molecule has 1 saturated heterocycles. The number of nitriles is 1. The lowest BCUT2D eigenvalue weighted by Crippen LogP contribution is -2.52. The highest BCUT2D eigenvalue weighted by Crippen LogP contribution is 2.40. The third kappa shape index (κ3) is 2.66. The van der Waals surface area contributed by atoms with E-state index in [4.69, 9.17) is 0 Å². The van der Waals surface area contributed by atoms with Crippen LogP contribution in [0.2, 0.25) is 0 Å². The molecule has 0 N–H and O–H groups in total. The predicted octanol–water partition coefficient (Wildman–Crippen LogP) is 3.10. The van der Waals surface area contributed by atoms with Crippen molar-refractivity contribution < 1.29 is 14.4 Å². The molecule has 6 heteroatoms. The van der Waals surface area contributed by atoms with Crippen LogP contribution < -0.4 is 0 Å². The first-order valence-electron chi connectivity index (χ1n) is 10.4. The number of carbonyl (C=O) groups is 3. The summed E-state index contributed by atoms with van der Waals surface area (Å²) in [6.45, 7) is 0.523. The summed E-state index contributed by atoms with van der Waals surface area (Å²) in [7, 11) is 0. The quantitative estimate of drug-likeness (QED) is 0.690. The van der Waals surface area contributed by atoms with Crippen molar-refractivity contribution in [3.8, 4) is 6.07 Å². The molecule has 0 aliphatic carbocycles. The van der Waals surface area contributed by atoms with Crippen LogP contribution in [0.3, 0.4) is 0 Å². The van der Waals surface area contributed by atoms with Crippen LogP contribution in [0.15, 0.2) is 48.5 Å². The number of benzene rings is 2. The molecular formula is C24H21N3O3. The summed E-state index contributed by atoms with van der Waals surface area (Å²) in [4.78, 5) is 42.9. The Balaban J connectivity index is 1.63. The molecule has 0 saturated carbocycles. The molecule has 6 nitrogen and oxygen atoms in total. The summed E-state index contributed by atoms with van der Waals surface area (Å²) in [5.41, 5.74) is 2.56. The lowest BCUT2D eigenvalue weighted by atomic mass is 9.88. The fraction of sp³-hybridized carbons (Fsp3) is 0.333. The van der Waals surface area contributed by atoms with E-state index in [2.05, 4.69) is 6.07 Å². The van der Waals surface area contributed by atoms with Gasteiger partial charge in [0, 0.05) is 13.0 Å². The maximum atomic E-state index is 13.8. The van der Waals surface area contributed by atoms with Crippen LogP contribution >= 0.6 is 0 Å². The number of carbonyl (C=O) groups excluding carboxylic acids is 3. The lowest BCUT2D eigenvalue weighted by Gasteiger charge is -2.34. The summed E-state index contributed by atoms with van der Waals surface area (Å²) in [5.74, 6) is -1.39. The largest absolute Gasteiger partial charge is 0.333 e. The highest BCUT2D eigenvalue weighted by Gasteiger charge is 2.48. The highest BCUT2D eigenvalue weighted by atomic mass is 16.2. The van der Waals surface area contributed by atoms with E-state index in [0.29, 0.717) is 17.7 Å². The Morgan fingerprint density at radius 3 is 2.27 bits per heavy atom. The molecular weight excluding hydrogens is 378 g/mol. The summed E-state index contributed by atoms with van der Waals surface area (Å²) in [6.07, 6.45) is 2.68. The highest BCUT2D eigenvalue weighted by molar-refractivity contribution is 6.22. The van der Waals surface area contributed by atoms with Crippen molar-refractivity contribution >= 4 is 17.7 Å². The number of fused-ring (bicyclic) bond motifs is 4. The van der Waals surface area contributed by atoms with Crippen LogP contribution in [0, 0.1) is 17.2 Å². The van der Waals surface area contributed by atoms with Crippen LogP contribution in [0.5, 0.6) is 0 Å². The normalized spacial score (nSPS) is 25.7. The maximum absolute atomic E-state index is 13.8. The van der Waals surface area contributed by atoms with Gasteiger partial charge in [-0.15, -0.1) is 0 Å². The molecule has 150 valence electrons. The minimum Gasteiger partial charge on any atom is -0.333 e. The van der Waals surface area contributed by atoms with E-state index in [1.165, 1.54) is 0 Å². The smallest absolute Gasteiger partial charge is 0.262 e. The van der Waals surface area contributed by atoms with Gasteiger partial charge < -0.3 is 4.90 Å². The number of rotatable bonds is 1. The number of hydrogen-bond donors (Lipinski definition) is 0. The molecule has 2 aromatic rings. The van der Waals surface area contributed by atoms with Crippen molar-refractivity contribution in [2.24, 2.45) is 5.92 Å².